The van der Waals surface area contributed by atoms with Gasteiger partial charge in [0.15, 0.2) is 5.17 Å². The molecule has 2 aromatic rings. The van der Waals surface area contributed by atoms with E-state index in [4.69, 9.17) is 0 Å². The van der Waals surface area contributed by atoms with Crippen LogP contribution < -0.4 is 4.90 Å². The lowest BCUT2D eigenvalue weighted by atomic mass is 10.2. The van der Waals surface area contributed by atoms with Gasteiger partial charge in [0.05, 0.1) is 10.6 Å². The number of benzene rings is 2. The number of hydrogen-bond donors (Lipinski definition) is 0. The number of rotatable bonds is 4. The predicted molar refractivity (Wildman–Crippen MR) is 114 cm³/mol. The number of hydrogen-bond acceptors (Lipinski definition) is 4. The van der Waals surface area contributed by atoms with E-state index in [1.165, 1.54) is 30.3 Å². The minimum atomic E-state index is 0.0285. The van der Waals surface area contributed by atoms with Crippen LogP contribution in [0.15, 0.2) is 64.5 Å². The lowest BCUT2D eigenvalue weighted by Crippen LogP contribution is -2.28. The third kappa shape index (κ3) is 3.93. The average molecular weight is 378 g/mol. The first-order valence-electron chi connectivity index (χ1n) is 9.45. The van der Waals surface area contributed by atoms with Crippen molar-refractivity contribution < 1.29 is 4.79 Å². The van der Waals surface area contributed by atoms with Gasteiger partial charge in [-0.05, 0) is 67.4 Å². The van der Waals surface area contributed by atoms with Crippen molar-refractivity contribution >= 4 is 40.3 Å². The van der Waals surface area contributed by atoms with Gasteiger partial charge in [-0.1, -0.05) is 30.3 Å². The Morgan fingerprint density at radius 1 is 1.04 bits per heavy atom. The Morgan fingerprint density at radius 3 is 2.41 bits per heavy atom. The fourth-order valence-electron chi connectivity index (χ4n) is 3.39. The molecule has 4 nitrogen and oxygen atoms in total. The Balaban J connectivity index is 1.56. The van der Waals surface area contributed by atoms with Crippen molar-refractivity contribution in [2.75, 3.05) is 24.5 Å². The first-order valence-corrected chi connectivity index (χ1v) is 10.3. The van der Waals surface area contributed by atoms with Crippen LogP contribution in [0.4, 0.5) is 11.4 Å². The molecule has 0 atom stereocenters. The summed E-state index contributed by atoms with van der Waals surface area (Å²) in [6.45, 7) is 4.87. The molecule has 4 rings (SSSR count). The number of amidine groups is 1. The summed E-state index contributed by atoms with van der Waals surface area (Å²) in [6, 6.07) is 18.3. The average Bonchev–Trinajstić information content (AvgIpc) is 3.32. The van der Waals surface area contributed by atoms with E-state index in [2.05, 4.69) is 34.2 Å². The number of aliphatic imine (C=N–C) groups is 1. The number of carbonyl (C=O) groups is 1. The number of amides is 1. The van der Waals surface area contributed by atoms with E-state index in [-0.39, 0.29) is 5.91 Å². The highest BCUT2D eigenvalue weighted by Gasteiger charge is 2.32. The molecule has 0 N–H and O–H groups in total. The fraction of sp³-hybridized carbons (Fsp3) is 0.273. The molecule has 2 aromatic carbocycles. The maximum atomic E-state index is 12.8. The zero-order chi connectivity index (χ0) is 18.6. The molecule has 0 bridgehead atoms. The summed E-state index contributed by atoms with van der Waals surface area (Å²) in [7, 11) is 0. The summed E-state index contributed by atoms with van der Waals surface area (Å²) in [5.74, 6) is 0.0285. The highest BCUT2D eigenvalue weighted by Crippen LogP contribution is 2.34. The maximum Gasteiger partial charge on any atom is 0.266 e. The van der Waals surface area contributed by atoms with E-state index in [0.29, 0.717) is 6.54 Å². The Morgan fingerprint density at radius 2 is 1.74 bits per heavy atom. The first kappa shape index (κ1) is 17.9. The summed E-state index contributed by atoms with van der Waals surface area (Å²) in [5, 5.41) is 0.744. The number of nitrogens with zero attached hydrogens (tertiary/aromatic N) is 3. The number of likely N-dealkylation sites (N-methyl/N-ethyl adjacent to an activating group) is 1. The molecule has 1 amide bonds. The highest BCUT2D eigenvalue weighted by atomic mass is 32.2. The van der Waals surface area contributed by atoms with Crippen molar-refractivity contribution in [2.24, 2.45) is 4.99 Å². The lowest BCUT2D eigenvalue weighted by Gasteiger charge is -2.17. The third-order valence-corrected chi connectivity index (χ3v) is 5.85. The van der Waals surface area contributed by atoms with Gasteiger partial charge in [0.25, 0.3) is 5.91 Å². The van der Waals surface area contributed by atoms with Gasteiger partial charge < -0.3 is 4.90 Å². The molecule has 0 radical (unpaired) electrons. The van der Waals surface area contributed by atoms with Gasteiger partial charge in [-0.15, -0.1) is 0 Å². The van der Waals surface area contributed by atoms with Gasteiger partial charge in [-0.2, -0.15) is 0 Å². The summed E-state index contributed by atoms with van der Waals surface area (Å²) in [6.07, 6.45) is 4.51. The van der Waals surface area contributed by atoms with Gasteiger partial charge >= 0.3 is 0 Å². The Labute approximate surface area is 164 Å². The number of anilines is 1. The summed E-state index contributed by atoms with van der Waals surface area (Å²) >= 11 is 1.45. The minimum absolute atomic E-state index is 0.0285. The van der Waals surface area contributed by atoms with Gasteiger partial charge in [-0.3, -0.25) is 9.69 Å². The van der Waals surface area contributed by atoms with Crippen LogP contribution in [0.2, 0.25) is 0 Å². The van der Waals surface area contributed by atoms with E-state index >= 15 is 0 Å². The largest absolute Gasteiger partial charge is 0.372 e. The third-order valence-electron chi connectivity index (χ3n) is 4.85. The smallest absolute Gasteiger partial charge is 0.266 e. The SMILES string of the molecule is CCN1C(=O)/C(=C/c2ccc(N3CCCC3)cc2)SC1=Nc1ccccc1. The van der Waals surface area contributed by atoms with Crippen LogP contribution in [0.5, 0.6) is 0 Å². The Kier molecular flexibility index (Phi) is 5.30. The molecule has 0 unspecified atom stereocenters. The van der Waals surface area contributed by atoms with Crippen LogP contribution >= 0.6 is 11.8 Å². The van der Waals surface area contributed by atoms with Gasteiger partial charge in [0.1, 0.15) is 0 Å². The van der Waals surface area contributed by atoms with Crippen molar-refractivity contribution in [1.82, 2.24) is 4.90 Å². The number of thioether (sulfide) groups is 1. The molecular weight excluding hydrogens is 354 g/mol. The second kappa shape index (κ2) is 8.01. The normalized spacial score (nSPS) is 20.3. The molecule has 0 aromatic heterocycles. The van der Waals surface area contributed by atoms with Crippen LogP contribution in [0.25, 0.3) is 6.08 Å². The summed E-state index contributed by atoms with van der Waals surface area (Å²) in [5.41, 5.74) is 3.18. The van der Waals surface area contributed by atoms with Gasteiger partial charge in [-0.25, -0.2) is 4.99 Å². The van der Waals surface area contributed by atoms with E-state index < -0.39 is 0 Å². The molecule has 0 saturated carbocycles. The van der Waals surface area contributed by atoms with Crippen molar-refractivity contribution in [3.05, 3.63) is 65.1 Å². The van der Waals surface area contributed by atoms with E-state index in [0.717, 1.165) is 34.4 Å². The fourth-order valence-corrected chi connectivity index (χ4v) is 4.45. The van der Waals surface area contributed by atoms with E-state index in [9.17, 15) is 4.79 Å². The van der Waals surface area contributed by atoms with Crippen LogP contribution in [-0.2, 0) is 4.79 Å². The summed E-state index contributed by atoms with van der Waals surface area (Å²) in [4.78, 5) is 22.3. The van der Waals surface area contributed by atoms with Crippen molar-refractivity contribution in [1.29, 1.82) is 0 Å². The second-order valence-electron chi connectivity index (χ2n) is 6.68. The topological polar surface area (TPSA) is 35.9 Å². The molecule has 0 spiro atoms. The number of para-hydroxylation sites is 1. The lowest BCUT2D eigenvalue weighted by molar-refractivity contribution is -0.122. The number of carbonyl (C=O) groups excluding carboxylic acids is 1. The molecule has 2 heterocycles. The molecule has 2 aliphatic heterocycles. The minimum Gasteiger partial charge on any atom is -0.372 e. The first-order chi connectivity index (χ1) is 13.2. The molecule has 27 heavy (non-hydrogen) atoms. The maximum absolute atomic E-state index is 12.8. The van der Waals surface area contributed by atoms with E-state index in [1.807, 2.05) is 43.3 Å². The van der Waals surface area contributed by atoms with Crippen LogP contribution in [0.1, 0.15) is 25.3 Å². The molecule has 2 saturated heterocycles. The monoisotopic (exact) mass is 377 g/mol. The van der Waals surface area contributed by atoms with Crippen LogP contribution in [0.3, 0.4) is 0 Å². The van der Waals surface area contributed by atoms with Gasteiger partial charge in [0, 0.05) is 25.3 Å². The molecule has 5 heteroatoms. The molecular formula is C22H23N3OS. The molecule has 2 aliphatic rings. The van der Waals surface area contributed by atoms with Crippen molar-refractivity contribution in [3.8, 4) is 0 Å². The standard InChI is InChI=1S/C22H23N3OS/c1-2-25-21(26)20(27-22(25)23-18-8-4-3-5-9-18)16-17-10-12-19(13-11-17)24-14-6-7-15-24/h3-5,8-13,16H,2,6-7,14-15H2,1H3/b20-16-,23-22?. The predicted octanol–water partition coefficient (Wildman–Crippen LogP) is 4.91. The Bertz CT molecular complexity index is 868. The molecule has 2 fully saturated rings. The van der Waals surface area contributed by atoms with Crippen LogP contribution in [-0.4, -0.2) is 35.6 Å². The summed E-state index contributed by atoms with van der Waals surface area (Å²) < 4.78 is 0. The highest BCUT2D eigenvalue weighted by molar-refractivity contribution is 8.18. The Hall–Kier alpha value is -2.53. The van der Waals surface area contributed by atoms with Gasteiger partial charge in [0.2, 0.25) is 0 Å². The zero-order valence-electron chi connectivity index (χ0n) is 15.5. The van der Waals surface area contributed by atoms with E-state index in [1.54, 1.807) is 4.90 Å². The van der Waals surface area contributed by atoms with Crippen molar-refractivity contribution in [3.63, 3.8) is 0 Å². The molecule has 138 valence electrons. The molecule has 0 aliphatic carbocycles. The van der Waals surface area contributed by atoms with Crippen LogP contribution in [0, 0.1) is 0 Å². The quantitative estimate of drug-likeness (QED) is 0.710. The van der Waals surface area contributed by atoms with Crippen molar-refractivity contribution in [2.45, 2.75) is 19.8 Å². The zero-order valence-corrected chi connectivity index (χ0v) is 16.3. The second-order valence-corrected chi connectivity index (χ2v) is 7.68.